The molecule has 2 aromatic heterocycles. The predicted molar refractivity (Wildman–Crippen MR) is 83.8 cm³/mol. The fraction of sp³-hybridized carbons (Fsp3) is 0.0769. The minimum absolute atomic E-state index is 0.0254. The van der Waals surface area contributed by atoms with Gasteiger partial charge in [0.25, 0.3) is 11.2 Å². The number of halogens is 1. The molecule has 6 nitrogen and oxygen atoms in total. The molecule has 21 heavy (non-hydrogen) atoms. The zero-order chi connectivity index (χ0) is 15.0. The topological polar surface area (TPSA) is 78.0 Å². The molecular formula is C13H8BrN3O3S. The predicted octanol–water partition coefficient (Wildman–Crippen LogP) is 3.18. The van der Waals surface area contributed by atoms with E-state index in [1.54, 1.807) is 23.6 Å². The molecule has 8 heteroatoms. The van der Waals surface area contributed by atoms with Gasteiger partial charge in [0.1, 0.15) is 4.70 Å². The van der Waals surface area contributed by atoms with Crippen LogP contribution in [0, 0.1) is 10.1 Å². The molecule has 0 aliphatic heterocycles. The highest BCUT2D eigenvalue weighted by Gasteiger charge is 2.15. The minimum atomic E-state index is -0.456. The van der Waals surface area contributed by atoms with Crippen molar-refractivity contribution in [3.05, 3.63) is 66.5 Å². The van der Waals surface area contributed by atoms with Gasteiger partial charge < -0.3 is 0 Å². The van der Waals surface area contributed by atoms with Crippen LogP contribution in [-0.4, -0.2) is 14.5 Å². The fourth-order valence-corrected chi connectivity index (χ4v) is 3.16. The number of hydrogen-bond donors (Lipinski definition) is 0. The first-order chi connectivity index (χ1) is 10.1. The molecule has 0 N–H and O–H groups in total. The standard InChI is InChI=1S/C13H8BrN3O3S/c14-9-2-1-8(11(5-9)17(19)20)6-16-7-15-10-3-4-21-12(10)13(16)18/h1-5,7H,6H2. The lowest BCUT2D eigenvalue weighted by molar-refractivity contribution is -0.385. The van der Waals surface area contributed by atoms with Gasteiger partial charge in [-0.1, -0.05) is 15.9 Å². The Balaban J connectivity index is 2.08. The SMILES string of the molecule is O=c1c2sccc2ncn1Cc1ccc(Br)cc1[N+](=O)[O-]. The maximum Gasteiger partial charge on any atom is 0.275 e. The lowest BCUT2D eigenvalue weighted by Crippen LogP contribution is -2.20. The van der Waals surface area contributed by atoms with Crippen LogP contribution >= 0.6 is 27.3 Å². The molecule has 0 aliphatic rings. The van der Waals surface area contributed by atoms with Gasteiger partial charge in [0.15, 0.2) is 0 Å². The fourth-order valence-electron chi connectivity index (χ4n) is 2.02. The Kier molecular flexibility index (Phi) is 3.56. The van der Waals surface area contributed by atoms with E-state index in [1.807, 2.05) is 0 Å². The molecule has 0 atom stereocenters. The second-order valence-electron chi connectivity index (χ2n) is 4.34. The van der Waals surface area contributed by atoms with Crippen LogP contribution in [0.2, 0.25) is 0 Å². The van der Waals surface area contributed by atoms with Crippen molar-refractivity contribution in [1.82, 2.24) is 9.55 Å². The number of aromatic nitrogens is 2. The maximum atomic E-state index is 12.3. The highest BCUT2D eigenvalue weighted by atomic mass is 79.9. The molecule has 0 spiro atoms. The van der Waals surface area contributed by atoms with E-state index in [4.69, 9.17) is 0 Å². The van der Waals surface area contributed by atoms with Crippen LogP contribution in [-0.2, 0) is 6.54 Å². The Morgan fingerprint density at radius 1 is 1.38 bits per heavy atom. The van der Waals surface area contributed by atoms with Gasteiger partial charge in [-0.25, -0.2) is 4.98 Å². The van der Waals surface area contributed by atoms with Crippen molar-refractivity contribution in [1.29, 1.82) is 0 Å². The summed E-state index contributed by atoms with van der Waals surface area (Å²) in [5.74, 6) is 0. The lowest BCUT2D eigenvalue weighted by Gasteiger charge is -2.06. The molecule has 3 rings (SSSR count). The summed E-state index contributed by atoms with van der Waals surface area (Å²) in [5.41, 5.74) is 0.893. The summed E-state index contributed by atoms with van der Waals surface area (Å²) in [5, 5.41) is 12.9. The summed E-state index contributed by atoms with van der Waals surface area (Å²) < 4.78 is 2.56. The number of nitro groups is 1. The third-order valence-electron chi connectivity index (χ3n) is 3.02. The molecule has 3 aromatic rings. The second kappa shape index (κ2) is 5.38. The molecule has 0 bridgehead atoms. The molecule has 0 unspecified atom stereocenters. The molecule has 2 heterocycles. The van der Waals surface area contributed by atoms with Crippen molar-refractivity contribution in [3.63, 3.8) is 0 Å². The first-order valence-electron chi connectivity index (χ1n) is 5.92. The Bertz CT molecular complexity index is 903. The Hall–Kier alpha value is -2.06. The van der Waals surface area contributed by atoms with E-state index in [2.05, 4.69) is 20.9 Å². The second-order valence-corrected chi connectivity index (χ2v) is 6.17. The van der Waals surface area contributed by atoms with Gasteiger partial charge in [0.2, 0.25) is 0 Å². The van der Waals surface area contributed by atoms with E-state index in [-0.39, 0.29) is 17.8 Å². The van der Waals surface area contributed by atoms with Crippen molar-refractivity contribution >= 4 is 43.2 Å². The third kappa shape index (κ3) is 2.59. The molecule has 106 valence electrons. The average molecular weight is 366 g/mol. The highest BCUT2D eigenvalue weighted by Crippen LogP contribution is 2.24. The quantitative estimate of drug-likeness (QED) is 0.527. The Labute approximate surface area is 131 Å². The van der Waals surface area contributed by atoms with Crippen LogP contribution in [0.25, 0.3) is 10.2 Å². The van der Waals surface area contributed by atoms with Crippen molar-refractivity contribution in [2.24, 2.45) is 0 Å². The van der Waals surface area contributed by atoms with Crippen molar-refractivity contribution < 1.29 is 4.92 Å². The summed E-state index contributed by atoms with van der Waals surface area (Å²) in [6.45, 7) is 0.114. The molecule has 0 saturated heterocycles. The number of benzene rings is 1. The van der Waals surface area contributed by atoms with Crippen molar-refractivity contribution in [2.45, 2.75) is 6.54 Å². The number of thiophene rings is 1. The Morgan fingerprint density at radius 3 is 2.95 bits per heavy atom. The number of rotatable bonds is 3. The van der Waals surface area contributed by atoms with Gasteiger partial charge in [-0.2, -0.15) is 0 Å². The van der Waals surface area contributed by atoms with Crippen LogP contribution in [0.5, 0.6) is 0 Å². The van der Waals surface area contributed by atoms with Crippen molar-refractivity contribution in [3.8, 4) is 0 Å². The monoisotopic (exact) mass is 365 g/mol. The molecular weight excluding hydrogens is 358 g/mol. The molecule has 0 saturated carbocycles. The third-order valence-corrected chi connectivity index (χ3v) is 4.41. The Morgan fingerprint density at radius 2 is 2.19 bits per heavy atom. The zero-order valence-electron chi connectivity index (χ0n) is 10.5. The molecule has 1 aromatic carbocycles. The maximum absolute atomic E-state index is 12.3. The summed E-state index contributed by atoms with van der Waals surface area (Å²) >= 11 is 4.52. The summed E-state index contributed by atoms with van der Waals surface area (Å²) in [6.07, 6.45) is 1.42. The average Bonchev–Trinajstić information content (AvgIpc) is 2.92. The molecule has 0 aliphatic carbocycles. The number of nitrogens with zero attached hydrogens (tertiary/aromatic N) is 3. The highest BCUT2D eigenvalue weighted by molar-refractivity contribution is 9.10. The number of hydrogen-bond acceptors (Lipinski definition) is 5. The largest absolute Gasteiger partial charge is 0.293 e. The number of nitro benzene ring substituents is 1. The van der Waals surface area contributed by atoms with E-state index in [0.717, 1.165) is 0 Å². The molecule has 0 radical (unpaired) electrons. The van der Waals surface area contributed by atoms with Crippen LogP contribution in [0.3, 0.4) is 0 Å². The first-order valence-corrected chi connectivity index (χ1v) is 7.59. The van der Waals surface area contributed by atoms with Gasteiger partial charge >= 0.3 is 0 Å². The minimum Gasteiger partial charge on any atom is -0.293 e. The van der Waals surface area contributed by atoms with E-state index in [0.29, 0.717) is 20.3 Å². The normalized spacial score (nSPS) is 10.9. The van der Waals surface area contributed by atoms with E-state index < -0.39 is 4.92 Å². The summed E-state index contributed by atoms with van der Waals surface area (Å²) in [6, 6.07) is 6.54. The molecule has 0 fully saturated rings. The van der Waals surface area contributed by atoms with Crippen LogP contribution < -0.4 is 5.56 Å². The van der Waals surface area contributed by atoms with Gasteiger partial charge in [0.05, 0.1) is 23.3 Å². The van der Waals surface area contributed by atoms with Crippen LogP contribution in [0.15, 0.2) is 45.2 Å². The van der Waals surface area contributed by atoms with Gasteiger partial charge in [0, 0.05) is 16.1 Å². The van der Waals surface area contributed by atoms with Gasteiger partial charge in [-0.3, -0.25) is 19.5 Å². The number of fused-ring (bicyclic) bond motifs is 1. The van der Waals surface area contributed by atoms with E-state index in [1.165, 1.54) is 28.3 Å². The van der Waals surface area contributed by atoms with Crippen molar-refractivity contribution in [2.75, 3.05) is 0 Å². The van der Waals surface area contributed by atoms with E-state index >= 15 is 0 Å². The lowest BCUT2D eigenvalue weighted by atomic mass is 10.2. The van der Waals surface area contributed by atoms with Gasteiger partial charge in [-0.15, -0.1) is 11.3 Å². The van der Waals surface area contributed by atoms with Crippen LogP contribution in [0.1, 0.15) is 5.56 Å². The molecule has 0 amide bonds. The zero-order valence-corrected chi connectivity index (χ0v) is 12.9. The summed E-state index contributed by atoms with van der Waals surface area (Å²) in [4.78, 5) is 27.1. The van der Waals surface area contributed by atoms with Crippen LogP contribution in [0.4, 0.5) is 5.69 Å². The first kappa shape index (κ1) is 13.9. The van der Waals surface area contributed by atoms with Gasteiger partial charge in [-0.05, 0) is 23.6 Å². The summed E-state index contributed by atoms with van der Waals surface area (Å²) in [7, 11) is 0. The van der Waals surface area contributed by atoms with E-state index in [9.17, 15) is 14.9 Å². The smallest absolute Gasteiger partial charge is 0.275 e.